The normalized spacial score (nSPS) is 16.2. The van der Waals surface area contributed by atoms with Crippen LogP contribution in [0.1, 0.15) is 37.7 Å². The Morgan fingerprint density at radius 3 is 2.83 bits per heavy atom. The first-order valence-corrected chi connectivity index (χ1v) is 6.48. The maximum Gasteiger partial charge on any atom is 0.320 e. The Bertz CT molecular complexity index is 438. The first-order valence-electron chi connectivity index (χ1n) is 6.07. The summed E-state index contributed by atoms with van der Waals surface area (Å²) in [5, 5.41) is 12.1. The van der Waals surface area contributed by atoms with Crippen molar-refractivity contribution in [3.63, 3.8) is 0 Å². The Balaban J connectivity index is 1.90. The van der Waals surface area contributed by atoms with E-state index in [0.29, 0.717) is 11.4 Å². The van der Waals surface area contributed by atoms with Gasteiger partial charge in [0, 0.05) is 6.04 Å². The molecule has 1 saturated carbocycles. The minimum atomic E-state index is -0.247. The van der Waals surface area contributed by atoms with E-state index in [1.165, 1.54) is 25.5 Å². The van der Waals surface area contributed by atoms with E-state index in [0.717, 1.165) is 12.8 Å². The molecule has 1 aromatic rings. The van der Waals surface area contributed by atoms with Crippen molar-refractivity contribution in [2.24, 2.45) is 5.73 Å². The summed E-state index contributed by atoms with van der Waals surface area (Å²) in [6, 6.07) is 0.0126. The van der Waals surface area contributed by atoms with E-state index in [2.05, 4.69) is 20.8 Å². The summed E-state index contributed by atoms with van der Waals surface area (Å²) in [7, 11) is 0. The summed E-state index contributed by atoms with van der Waals surface area (Å²) >= 11 is 4.86. The topological polar surface area (TPSA) is 95.8 Å². The van der Waals surface area contributed by atoms with Gasteiger partial charge in [-0.05, 0) is 12.8 Å². The molecule has 0 aliphatic heterocycles. The number of thiocarbonyl (C=S) groups is 1. The smallest absolute Gasteiger partial charge is 0.320 e. The van der Waals surface area contributed by atoms with Gasteiger partial charge in [0.25, 0.3) is 0 Å². The molecular formula is C11H17N5OS. The number of nitrogens with one attached hydrogen (secondary N) is 3. The second-order valence-corrected chi connectivity index (χ2v) is 4.90. The lowest BCUT2D eigenvalue weighted by molar-refractivity contribution is 0.244. The highest BCUT2D eigenvalue weighted by atomic mass is 32.1. The van der Waals surface area contributed by atoms with E-state index in [9.17, 15) is 4.79 Å². The molecule has 0 unspecified atom stereocenters. The molecule has 0 bridgehead atoms. The molecule has 0 atom stereocenters. The van der Waals surface area contributed by atoms with Crippen molar-refractivity contribution >= 4 is 29.1 Å². The van der Waals surface area contributed by atoms with Crippen LogP contribution in [-0.2, 0) is 0 Å². The van der Waals surface area contributed by atoms with Crippen molar-refractivity contribution < 1.29 is 4.79 Å². The maximum absolute atomic E-state index is 11.8. The molecule has 1 heterocycles. The first kappa shape index (κ1) is 12.8. The van der Waals surface area contributed by atoms with Gasteiger partial charge in [0.1, 0.15) is 10.8 Å². The molecule has 98 valence electrons. The minimum Gasteiger partial charge on any atom is -0.389 e. The number of hydrogen-bond donors (Lipinski definition) is 4. The highest BCUT2D eigenvalue weighted by molar-refractivity contribution is 7.80. The van der Waals surface area contributed by atoms with Gasteiger partial charge in [-0.25, -0.2) is 4.79 Å². The van der Waals surface area contributed by atoms with Crippen molar-refractivity contribution in [3.8, 4) is 0 Å². The van der Waals surface area contributed by atoms with Crippen molar-refractivity contribution in [1.82, 2.24) is 15.5 Å². The molecule has 5 N–H and O–H groups in total. The van der Waals surface area contributed by atoms with Gasteiger partial charge in [0.2, 0.25) is 0 Å². The number of H-pyrrole nitrogens is 1. The van der Waals surface area contributed by atoms with Crippen molar-refractivity contribution in [1.29, 1.82) is 0 Å². The summed E-state index contributed by atoms with van der Waals surface area (Å²) in [4.78, 5) is 12.0. The number of carbonyl (C=O) groups is 1. The molecule has 1 fully saturated rings. The lowest BCUT2D eigenvalue weighted by Crippen LogP contribution is -2.39. The Morgan fingerprint density at radius 2 is 2.17 bits per heavy atom. The predicted molar refractivity (Wildman–Crippen MR) is 73.5 cm³/mol. The van der Waals surface area contributed by atoms with Crippen molar-refractivity contribution in [3.05, 3.63) is 11.8 Å². The number of rotatable bonds is 3. The van der Waals surface area contributed by atoms with Gasteiger partial charge in [0.15, 0.2) is 0 Å². The number of amides is 2. The highest BCUT2D eigenvalue weighted by Crippen LogP contribution is 2.17. The third-order valence-electron chi connectivity index (χ3n) is 3.08. The zero-order valence-electron chi connectivity index (χ0n) is 10.0. The molecule has 1 aliphatic carbocycles. The number of aromatic amines is 1. The van der Waals surface area contributed by atoms with E-state index in [1.54, 1.807) is 0 Å². The second-order valence-electron chi connectivity index (χ2n) is 4.46. The van der Waals surface area contributed by atoms with E-state index in [-0.39, 0.29) is 17.1 Å². The monoisotopic (exact) mass is 267 g/mol. The molecule has 0 spiro atoms. The van der Waals surface area contributed by atoms with E-state index in [1.807, 2.05) is 0 Å². The summed E-state index contributed by atoms with van der Waals surface area (Å²) in [6.07, 6.45) is 7.18. The average Bonchev–Trinajstić information content (AvgIpc) is 2.78. The van der Waals surface area contributed by atoms with E-state index >= 15 is 0 Å². The van der Waals surface area contributed by atoms with Crippen LogP contribution >= 0.6 is 12.2 Å². The number of nitrogens with zero attached hydrogens (tertiary/aromatic N) is 1. The van der Waals surface area contributed by atoms with Crippen molar-refractivity contribution in [2.45, 2.75) is 38.1 Å². The highest BCUT2D eigenvalue weighted by Gasteiger charge is 2.17. The van der Waals surface area contributed by atoms with Crippen LogP contribution in [0.2, 0.25) is 0 Å². The number of aromatic nitrogens is 2. The Hall–Kier alpha value is -1.63. The summed E-state index contributed by atoms with van der Waals surface area (Å²) in [6.45, 7) is 0. The number of anilines is 1. The first-order chi connectivity index (χ1) is 8.66. The Labute approximate surface area is 111 Å². The van der Waals surface area contributed by atoms with Gasteiger partial charge in [-0.2, -0.15) is 5.10 Å². The maximum atomic E-state index is 11.8. The van der Waals surface area contributed by atoms with Crippen LogP contribution < -0.4 is 16.4 Å². The number of nitrogens with two attached hydrogens (primary N) is 1. The standard InChI is InChI=1S/C11H17N5OS/c12-9(18)8-6-13-16-10(8)15-11(17)14-7-4-2-1-3-5-7/h6-7H,1-5H2,(H2,12,18)(H3,13,14,15,16,17). The summed E-state index contributed by atoms with van der Waals surface area (Å²) in [5.41, 5.74) is 6.06. The van der Waals surface area contributed by atoms with Crippen LogP contribution in [0.4, 0.5) is 10.6 Å². The van der Waals surface area contributed by atoms with Crippen LogP contribution in [0.5, 0.6) is 0 Å². The lowest BCUT2D eigenvalue weighted by Gasteiger charge is -2.22. The molecular weight excluding hydrogens is 250 g/mol. The molecule has 18 heavy (non-hydrogen) atoms. The zero-order chi connectivity index (χ0) is 13.0. The van der Waals surface area contributed by atoms with Gasteiger partial charge in [-0.3, -0.25) is 10.4 Å². The quantitative estimate of drug-likeness (QED) is 0.624. The molecule has 1 aliphatic rings. The lowest BCUT2D eigenvalue weighted by atomic mass is 9.96. The largest absolute Gasteiger partial charge is 0.389 e. The third kappa shape index (κ3) is 3.19. The van der Waals surface area contributed by atoms with Gasteiger partial charge < -0.3 is 11.1 Å². The molecule has 1 aromatic heterocycles. The molecule has 0 aromatic carbocycles. The summed E-state index contributed by atoms with van der Waals surface area (Å²) in [5.74, 6) is 0.441. The van der Waals surface area contributed by atoms with Crippen LogP contribution in [0, 0.1) is 0 Å². The fourth-order valence-corrected chi connectivity index (χ4v) is 2.30. The molecule has 0 saturated heterocycles. The van der Waals surface area contributed by atoms with Gasteiger partial charge in [-0.15, -0.1) is 0 Å². The zero-order valence-corrected chi connectivity index (χ0v) is 10.8. The Kier molecular flexibility index (Phi) is 4.14. The van der Waals surface area contributed by atoms with E-state index < -0.39 is 0 Å². The van der Waals surface area contributed by atoms with Crippen molar-refractivity contribution in [2.75, 3.05) is 5.32 Å². The molecule has 2 rings (SSSR count). The van der Waals surface area contributed by atoms with Crippen LogP contribution in [0.3, 0.4) is 0 Å². The number of urea groups is 1. The van der Waals surface area contributed by atoms with Gasteiger partial charge in [-0.1, -0.05) is 31.5 Å². The molecule has 2 amide bonds. The van der Waals surface area contributed by atoms with Gasteiger partial charge in [0.05, 0.1) is 11.8 Å². The van der Waals surface area contributed by atoms with Crippen LogP contribution in [0.25, 0.3) is 0 Å². The number of hydrogen-bond acceptors (Lipinski definition) is 3. The van der Waals surface area contributed by atoms with Crippen LogP contribution in [0.15, 0.2) is 6.20 Å². The molecule has 6 nitrogen and oxygen atoms in total. The SMILES string of the molecule is NC(=S)c1cn[nH]c1NC(=O)NC1CCCCC1. The number of carbonyl (C=O) groups excluding carboxylic acids is 1. The van der Waals surface area contributed by atoms with E-state index in [4.69, 9.17) is 18.0 Å². The van der Waals surface area contributed by atoms with Crippen LogP contribution in [-0.4, -0.2) is 27.3 Å². The van der Waals surface area contributed by atoms with Gasteiger partial charge >= 0.3 is 6.03 Å². The predicted octanol–water partition coefficient (Wildman–Crippen LogP) is 1.50. The molecule has 7 heteroatoms. The average molecular weight is 267 g/mol. The minimum absolute atomic E-state index is 0.205. The molecule has 0 radical (unpaired) electrons. The third-order valence-corrected chi connectivity index (χ3v) is 3.30. The Morgan fingerprint density at radius 1 is 1.44 bits per heavy atom. The summed E-state index contributed by atoms with van der Waals surface area (Å²) < 4.78 is 0. The fourth-order valence-electron chi connectivity index (χ4n) is 2.15. The second kappa shape index (κ2) is 5.81. The fraction of sp³-hybridized carbons (Fsp3) is 0.545.